The number of benzene rings is 2. The van der Waals surface area contributed by atoms with E-state index in [0.29, 0.717) is 17.8 Å². The second-order valence-corrected chi connectivity index (χ2v) is 8.72. The molecule has 2 N–H and O–H groups in total. The summed E-state index contributed by atoms with van der Waals surface area (Å²) in [6.45, 7) is 3.79. The normalized spacial score (nSPS) is 11.1. The minimum absolute atomic E-state index is 0.0148. The van der Waals surface area contributed by atoms with Crippen molar-refractivity contribution in [3.63, 3.8) is 0 Å². The topological polar surface area (TPSA) is 101 Å². The van der Waals surface area contributed by atoms with Crippen molar-refractivity contribution in [3.8, 4) is 0 Å². The van der Waals surface area contributed by atoms with E-state index in [1.54, 1.807) is 25.1 Å². The third-order valence-electron chi connectivity index (χ3n) is 4.46. The fourth-order valence-corrected chi connectivity index (χ4v) is 3.78. The van der Waals surface area contributed by atoms with Gasteiger partial charge in [0.05, 0.1) is 4.90 Å². The molecule has 0 spiro atoms. The Balaban J connectivity index is 1.53. The number of nitrogens with zero attached hydrogens (tertiary/aromatic N) is 2. The maximum absolute atomic E-state index is 12.5. The molecule has 3 aromatic rings. The molecule has 0 bridgehead atoms. The van der Waals surface area contributed by atoms with Crippen molar-refractivity contribution in [1.29, 1.82) is 0 Å². The van der Waals surface area contributed by atoms with Crippen molar-refractivity contribution in [2.45, 2.75) is 38.0 Å². The minimum Gasteiger partial charge on any atom is -0.326 e. The fourth-order valence-electron chi connectivity index (χ4n) is 2.83. The second-order valence-electron chi connectivity index (χ2n) is 7.04. The van der Waals surface area contributed by atoms with Crippen molar-refractivity contribution in [2.75, 3.05) is 10.0 Å². The van der Waals surface area contributed by atoms with Crippen molar-refractivity contribution in [1.82, 2.24) is 9.97 Å². The molecule has 1 heterocycles. The van der Waals surface area contributed by atoms with E-state index in [-0.39, 0.29) is 16.8 Å². The molecule has 0 atom stereocenters. The van der Waals surface area contributed by atoms with E-state index in [1.807, 2.05) is 6.92 Å². The monoisotopic (exact) mass is 424 g/mol. The predicted molar refractivity (Wildman–Crippen MR) is 117 cm³/mol. The zero-order valence-electron chi connectivity index (χ0n) is 16.9. The zero-order chi connectivity index (χ0) is 21.6. The number of carbonyl (C=O) groups excluding carboxylic acids is 1. The standard InChI is InChI=1S/C22H24N4O3S/c1-16-6-8-18(9-7-16)4-3-5-21(27)25-19-10-12-20(13-11-19)30(28,29)26-22-23-15-14-17(2)24-22/h6-15H,3-5H2,1-2H3,(H,25,27)(H,23,24,26). The summed E-state index contributed by atoms with van der Waals surface area (Å²) in [5.41, 5.74) is 3.61. The van der Waals surface area contributed by atoms with E-state index < -0.39 is 10.0 Å². The lowest BCUT2D eigenvalue weighted by atomic mass is 10.1. The SMILES string of the molecule is Cc1ccc(CCCC(=O)Nc2ccc(S(=O)(=O)Nc3nccc(C)n3)cc2)cc1. The molecule has 0 aliphatic heterocycles. The first kappa shape index (κ1) is 21.4. The molecule has 0 saturated carbocycles. The number of carbonyl (C=O) groups is 1. The van der Waals surface area contributed by atoms with Gasteiger partial charge in [-0.15, -0.1) is 0 Å². The van der Waals surface area contributed by atoms with Crippen LogP contribution in [0.3, 0.4) is 0 Å². The van der Waals surface area contributed by atoms with Crippen LogP contribution in [0.2, 0.25) is 0 Å². The molecule has 7 nitrogen and oxygen atoms in total. The first-order chi connectivity index (χ1) is 14.3. The van der Waals surface area contributed by atoms with Crippen LogP contribution in [0.15, 0.2) is 65.7 Å². The number of nitrogens with one attached hydrogen (secondary N) is 2. The average Bonchev–Trinajstić information content (AvgIpc) is 2.69. The van der Waals surface area contributed by atoms with E-state index in [4.69, 9.17) is 0 Å². The molecule has 2 aromatic carbocycles. The Bertz CT molecular complexity index is 1110. The molecule has 0 fully saturated rings. The summed E-state index contributed by atoms with van der Waals surface area (Å²) >= 11 is 0. The lowest BCUT2D eigenvalue weighted by Gasteiger charge is -2.09. The lowest BCUT2D eigenvalue weighted by Crippen LogP contribution is -2.15. The van der Waals surface area contributed by atoms with Crippen LogP contribution in [0.1, 0.15) is 29.7 Å². The average molecular weight is 425 g/mol. The number of sulfonamides is 1. The highest BCUT2D eigenvalue weighted by molar-refractivity contribution is 7.92. The third kappa shape index (κ3) is 6.12. The first-order valence-corrected chi connectivity index (χ1v) is 11.1. The largest absolute Gasteiger partial charge is 0.326 e. The van der Waals surface area contributed by atoms with Gasteiger partial charge < -0.3 is 5.32 Å². The third-order valence-corrected chi connectivity index (χ3v) is 5.80. The van der Waals surface area contributed by atoms with Gasteiger partial charge in [-0.3, -0.25) is 4.79 Å². The minimum atomic E-state index is -3.81. The summed E-state index contributed by atoms with van der Waals surface area (Å²) in [5, 5.41) is 2.79. The number of hydrogen-bond acceptors (Lipinski definition) is 5. The summed E-state index contributed by atoms with van der Waals surface area (Å²) in [5.74, 6) is -0.0926. The highest BCUT2D eigenvalue weighted by Crippen LogP contribution is 2.17. The molecule has 8 heteroatoms. The van der Waals surface area contributed by atoms with Crippen LogP contribution in [0.25, 0.3) is 0 Å². The van der Waals surface area contributed by atoms with E-state index in [9.17, 15) is 13.2 Å². The Morgan fingerprint density at radius 3 is 2.33 bits per heavy atom. The summed E-state index contributed by atoms with van der Waals surface area (Å²) in [7, 11) is -3.81. The molecule has 3 rings (SSSR count). The molecule has 30 heavy (non-hydrogen) atoms. The summed E-state index contributed by atoms with van der Waals surface area (Å²) in [6, 6.07) is 15.9. The van der Waals surface area contributed by atoms with Crippen molar-refractivity contribution in [2.24, 2.45) is 0 Å². The van der Waals surface area contributed by atoms with Gasteiger partial charge in [0, 0.05) is 24.0 Å². The fraction of sp³-hybridized carbons (Fsp3) is 0.227. The van der Waals surface area contributed by atoms with Gasteiger partial charge >= 0.3 is 0 Å². The van der Waals surface area contributed by atoms with E-state index >= 15 is 0 Å². The van der Waals surface area contributed by atoms with Gasteiger partial charge in [-0.25, -0.2) is 23.1 Å². The van der Waals surface area contributed by atoms with Gasteiger partial charge in [0.1, 0.15) is 0 Å². The smallest absolute Gasteiger partial charge is 0.264 e. The van der Waals surface area contributed by atoms with Crippen molar-refractivity contribution in [3.05, 3.63) is 77.6 Å². The predicted octanol–water partition coefficient (Wildman–Crippen LogP) is 3.86. The van der Waals surface area contributed by atoms with Gasteiger partial charge in [-0.1, -0.05) is 29.8 Å². The second kappa shape index (κ2) is 9.49. The summed E-state index contributed by atoms with van der Waals surface area (Å²) in [6.07, 6.45) is 3.44. The van der Waals surface area contributed by atoms with Crippen LogP contribution >= 0.6 is 0 Å². The van der Waals surface area contributed by atoms with Gasteiger partial charge in [0.25, 0.3) is 10.0 Å². The van der Waals surface area contributed by atoms with Crippen molar-refractivity contribution < 1.29 is 13.2 Å². The zero-order valence-corrected chi connectivity index (χ0v) is 17.7. The highest BCUT2D eigenvalue weighted by Gasteiger charge is 2.16. The van der Waals surface area contributed by atoms with E-state index in [2.05, 4.69) is 44.3 Å². The van der Waals surface area contributed by atoms with Gasteiger partial charge in [0.15, 0.2) is 0 Å². The van der Waals surface area contributed by atoms with Crippen LogP contribution in [0, 0.1) is 13.8 Å². The Morgan fingerprint density at radius 2 is 1.67 bits per heavy atom. The number of hydrogen-bond donors (Lipinski definition) is 2. The van der Waals surface area contributed by atoms with Crippen LogP contribution in [0.4, 0.5) is 11.6 Å². The van der Waals surface area contributed by atoms with Gasteiger partial charge in [0.2, 0.25) is 11.9 Å². The molecular formula is C22H24N4O3S. The Morgan fingerprint density at radius 1 is 0.967 bits per heavy atom. The quantitative estimate of drug-likeness (QED) is 0.572. The Labute approximate surface area is 176 Å². The molecular weight excluding hydrogens is 400 g/mol. The Kier molecular flexibility index (Phi) is 6.79. The number of anilines is 2. The van der Waals surface area contributed by atoms with Crippen LogP contribution < -0.4 is 10.0 Å². The van der Waals surface area contributed by atoms with E-state index in [0.717, 1.165) is 12.8 Å². The molecule has 156 valence electrons. The molecule has 1 aromatic heterocycles. The van der Waals surface area contributed by atoms with Gasteiger partial charge in [-0.2, -0.15) is 0 Å². The lowest BCUT2D eigenvalue weighted by molar-refractivity contribution is -0.116. The van der Waals surface area contributed by atoms with Crippen LogP contribution in [-0.4, -0.2) is 24.3 Å². The molecule has 0 unspecified atom stereocenters. The number of aryl methyl sites for hydroxylation is 3. The van der Waals surface area contributed by atoms with Gasteiger partial charge in [-0.05, 0) is 62.6 Å². The van der Waals surface area contributed by atoms with Crippen LogP contribution in [-0.2, 0) is 21.2 Å². The maximum atomic E-state index is 12.5. The molecule has 0 radical (unpaired) electrons. The maximum Gasteiger partial charge on any atom is 0.264 e. The van der Waals surface area contributed by atoms with Crippen molar-refractivity contribution >= 4 is 27.6 Å². The van der Waals surface area contributed by atoms with E-state index in [1.165, 1.54) is 29.5 Å². The summed E-state index contributed by atoms with van der Waals surface area (Å²) in [4.78, 5) is 20.2. The molecule has 0 aliphatic carbocycles. The Hall–Kier alpha value is -3.26. The first-order valence-electron chi connectivity index (χ1n) is 9.60. The highest BCUT2D eigenvalue weighted by atomic mass is 32.2. The molecule has 1 amide bonds. The van der Waals surface area contributed by atoms with Crippen LogP contribution in [0.5, 0.6) is 0 Å². The number of rotatable bonds is 8. The number of aromatic nitrogens is 2. The molecule has 0 aliphatic rings. The summed E-state index contributed by atoms with van der Waals surface area (Å²) < 4.78 is 27.3. The number of amides is 1. The molecule has 0 saturated heterocycles.